The number of ether oxygens (including phenoxy) is 8. The summed E-state index contributed by atoms with van der Waals surface area (Å²) in [5, 5.41) is 0. The maximum Gasteiger partial charge on any atom is 0.303 e. The van der Waals surface area contributed by atoms with Crippen LogP contribution in [-0.2, 0) is 76.3 Å². The number of rotatable bonds is 15. The molecule has 16 nitrogen and oxygen atoms in total. The molecule has 0 aromatic carbocycles. The molecule has 6 atom stereocenters. The van der Waals surface area contributed by atoms with Crippen molar-refractivity contribution in [2.75, 3.05) is 13.2 Å². The summed E-state index contributed by atoms with van der Waals surface area (Å²) in [5.41, 5.74) is 0. The molecule has 0 fully saturated rings. The first-order chi connectivity index (χ1) is 18.4. The number of carbonyl (C=O) groups excluding carboxylic acids is 8. The summed E-state index contributed by atoms with van der Waals surface area (Å²) in [4.78, 5) is 95.3. The van der Waals surface area contributed by atoms with Gasteiger partial charge in [0, 0.05) is 55.4 Å². The largest absolute Gasteiger partial charge is 0.462 e. The van der Waals surface area contributed by atoms with Gasteiger partial charge in [0.25, 0.3) is 0 Å². The van der Waals surface area contributed by atoms with Crippen molar-refractivity contribution in [3.05, 3.63) is 0 Å². The van der Waals surface area contributed by atoms with E-state index in [1.807, 2.05) is 0 Å². The zero-order chi connectivity index (χ0) is 31.2. The fourth-order valence-corrected chi connectivity index (χ4v) is 3.33. The normalized spacial score (nSPS) is 14.9. The van der Waals surface area contributed by atoms with Crippen LogP contribution in [0.2, 0.25) is 0 Å². The number of hydrogen-bond acceptors (Lipinski definition) is 16. The highest BCUT2D eigenvalue weighted by Crippen LogP contribution is 2.26. The Labute approximate surface area is 229 Å². The monoisotopic (exact) mass is 578 g/mol. The van der Waals surface area contributed by atoms with Gasteiger partial charge in [0.1, 0.15) is 13.2 Å². The highest BCUT2D eigenvalue weighted by molar-refractivity contribution is 5.70. The van der Waals surface area contributed by atoms with Crippen LogP contribution in [0.3, 0.4) is 0 Å². The first kappa shape index (κ1) is 35.8. The van der Waals surface area contributed by atoms with Gasteiger partial charge >= 0.3 is 47.8 Å². The highest BCUT2D eigenvalue weighted by atomic mass is 16.7. The Hall–Kier alpha value is -4.24. The van der Waals surface area contributed by atoms with E-state index >= 15 is 0 Å². The van der Waals surface area contributed by atoms with Gasteiger partial charge in [-0.15, -0.1) is 0 Å². The molecule has 0 N–H and O–H groups in total. The minimum absolute atomic E-state index is 0.726. The van der Waals surface area contributed by atoms with Crippen LogP contribution in [0.1, 0.15) is 55.4 Å². The molecule has 0 aromatic heterocycles. The van der Waals surface area contributed by atoms with E-state index in [0.717, 1.165) is 55.4 Å². The maximum atomic E-state index is 12.2. The highest BCUT2D eigenvalue weighted by Gasteiger charge is 2.51. The van der Waals surface area contributed by atoms with E-state index in [2.05, 4.69) is 0 Å². The zero-order valence-electron chi connectivity index (χ0n) is 23.4. The summed E-state index contributed by atoms with van der Waals surface area (Å²) in [5.74, 6) is -7.64. The summed E-state index contributed by atoms with van der Waals surface area (Å²) in [6.07, 6.45) is -11.0. The van der Waals surface area contributed by atoms with Gasteiger partial charge in [-0.2, -0.15) is 0 Å². The van der Waals surface area contributed by atoms with Gasteiger partial charge < -0.3 is 37.9 Å². The summed E-state index contributed by atoms with van der Waals surface area (Å²) < 4.78 is 41.3. The molecular formula is C24H34O16. The van der Waals surface area contributed by atoms with Crippen molar-refractivity contribution in [3.8, 4) is 0 Å². The molecule has 0 amide bonds. The van der Waals surface area contributed by atoms with Crippen molar-refractivity contribution < 1.29 is 76.3 Å². The lowest BCUT2D eigenvalue weighted by atomic mass is 9.95. The fourth-order valence-electron chi connectivity index (χ4n) is 3.33. The van der Waals surface area contributed by atoms with Gasteiger partial charge in [-0.05, 0) is 0 Å². The minimum Gasteiger partial charge on any atom is -0.462 e. The van der Waals surface area contributed by atoms with Crippen LogP contribution in [0.4, 0.5) is 0 Å². The first-order valence-corrected chi connectivity index (χ1v) is 11.7. The summed E-state index contributed by atoms with van der Waals surface area (Å²) in [7, 11) is 0. The molecule has 40 heavy (non-hydrogen) atoms. The molecule has 0 saturated heterocycles. The van der Waals surface area contributed by atoms with Crippen LogP contribution in [0, 0.1) is 0 Å². The molecule has 0 unspecified atom stereocenters. The first-order valence-electron chi connectivity index (χ1n) is 11.7. The average Bonchev–Trinajstić information content (AvgIpc) is 2.77. The summed E-state index contributed by atoms with van der Waals surface area (Å²) in [6, 6.07) is 0. The molecule has 0 spiro atoms. The Morgan fingerprint density at radius 3 is 0.775 bits per heavy atom. The molecule has 0 saturated carbocycles. The average molecular weight is 579 g/mol. The maximum absolute atomic E-state index is 12.2. The quantitative estimate of drug-likeness (QED) is 0.180. The van der Waals surface area contributed by atoms with Gasteiger partial charge in [-0.25, -0.2) is 0 Å². The van der Waals surface area contributed by atoms with E-state index < -0.39 is 97.6 Å². The Morgan fingerprint density at radius 2 is 0.575 bits per heavy atom. The van der Waals surface area contributed by atoms with Crippen LogP contribution in [0.25, 0.3) is 0 Å². The number of hydrogen-bond donors (Lipinski definition) is 0. The second-order valence-electron chi connectivity index (χ2n) is 8.20. The van der Waals surface area contributed by atoms with Crippen LogP contribution < -0.4 is 0 Å². The van der Waals surface area contributed by atoms with Gasteiger partial charge in [-0.1, -0.05) is 0 Å². The SMILES string of the molecule is CC(=O)OC[C@H](OC(C)=O)[C@H](OC(C)=O)[C@@H](OC(C)=O)[C@@H](OC(C)=O)[C@H](OC(C)=O)[C@H](COC(C)=O)OC(C)=O. The molecule has 0 radical (unpaired) electrons. The van der Waals surface area contributed by atoms with Crippen molar-refractivity contribution in [2.24, 2.45) is 0 Å². The molecule has 0 aliphatic carbocycles. The van der Waals surface area contributed by atoms with Crippen LogP contribution in [-0.4, -0.2) is 97.6 Å². The number of esters is 8. The smallest absolute Gasteiger partial charge is 0.303 e. The summed E-state index contributed by atoms with van der Waals surface area (Å²) >= 11 is 0. The third-order valence-electron chi connectivity index (χ3n) is 4.45. The van der Waals surface area contributed by atoms with Gasteiger partial charge in [0.05, 0.1) is 0 Å². The predicted molar refractivity (Wildman–Crippen MR) is 127 cm³/mol. The minimum atomic E-state index is -1.95. The van der Waals surface area contributed by atoms with Crippen LogP contribution in [0.15, 0.2) is 0 Å². The van der Waals surface area contributed by atoms with E-state index in [1.165, 1.54) is 0 Å². The van der Waals surface area contributed by atoms with E-state index in [-0.39, 0.29) is 0 Å². The number of carbonyl (C=O) groups is 8. The molecule has 0 aliphatic heterocycles. The third kappa shape index (κ3) is 14.6. The molecule has 0 aromatic rings. The molecule has 0 aliphatic rings. The zero-order valence-corrected chi connectivity index (χ0v) is 23.4. The second-order valence-corrected chi connectivity index (χ2v) is 8.20. The Kier molecular flexibility index (Phi) is 15.5. The molecule has 0 heterocycles. The molecule has 16 heteroatoms. The lowest BCUT2D eigenvalue weighted by Crippen LogP contribution is -2.59. The lowest BCUT2D eigenvalue weighted by molar-refractivity contribution is -0.223. The van der Waals surface area contributed by atoms with Crippen molar-refractivity contribution >= 4 is 47.8 Å². The Balaban J connectivity index is 7.24. The van der Waals surface area contributed by atoms with Gasteiger partial charge in [-0.3, -0.25) is 38.4 Å². The van der Waals surface area contributed by atoms with Crippen molar-refractivity contribution in [2.45, 2.75) is 92.0 Å². The topological polar surface area (TPSA) is 210 Å². The molecule has 226 valence electrons. The lowest BCUT2D eigenvalue weighted by Gasteiger charge is -2.39. The summed E-state index contributed by atoms with van der Waals surface area (Å²) in [6.45, 7) is 6.33. The van der Waals surface area contributed by atoms with Crippen LogP contribution in [0.5, 0.6) is 0 Å². The Morgan fingerprint density at radius 1 is 0.350 bits per heavy atom. The van der Waals surface area contributed by atoms with E-state index in [0.29, 0.717) is 0 Å². The van der Waals surface area contributed by atoms with Gasteiger partial charge in [0.15, 0.2) is 36.6 Å². The van der Waals surface area contributed by atoms with E-state index in [1.54, 1.807) is 0 Å². The molecule has 0 bridgehead atoms. The van der Waals surface area contributed by atoms with Crippen LogP contribution >= 0.6 is 0 Å². The van der Waals surface area contributed by atoms with Gasteiger partial charge in [0.2, 0.25) is 0 Å². The molecule has 0 rings (SSSR count). The third-order valence-corrected chi connectivity index (χ3v) is 4.45. The fraction of sp³-hybridized carbons (Fsp3) is 0.667. The second kappa shape index (κ2) is 17.4. The Bertz CT molecular complexity index is 881. The predicted octanol–water partition coefficient (Wildman–Crippen LogP) is -0.297. The molecular weight excluding hydrogens is 544 g/mol. The van der Waals surface area contributed by atoms with Crippen molar-refractivity contribution in [1.82, 2.24) is 0 Å². The van der Waals surface area contributed by atoms with Crippen molar-refractivity contribution in [3.63, 3.8) is 0 Å². The van der Waals surface area contributed by atoms with E-state index in [9.17, 15) is 38.4 Å². The standard InChI is InChI=1S/C24H34O16/c1-11(25)33-9-19(35-13(3)27)21(37-15(5)29)23(39-17(7)31)24(40-18(8)32)22(38-16(6)30)20(36-14(4)28)10-34-12(2)26/h19-24H,9-10H2,1-8H3/t19-,20-,21-,22+,23+,24-/m0/s1. The van der Waals surface area contributed by atoms with Crippen molar-refractivity contribution in [1.29, 1.82) is 0 Å². The van der Waals surface area contributed by atoms with E-state index in [4.69, 9.17) is 37.9 Å².